The Morgan fingerprint density at radius 3 is 2.21 bits per heavy atom. The average molecular weight is 428 g/mol. The molecule has 0 bridgehead atoms. The first-order chi connectivity index (χ1) is 13.3. The molecule has 2 rings (SSSR count). The minimum absolute atomic E-state index is 0.164. The van der Waals surface area contributed by atoms with Crippen LogP contribution in [-0.2, 0) is 10.9 Å². The number of carbonyl (C=O) groups is 2. The molecule has 6 nitrogen and oxygen atoms in total. The number of hydrogen-bond acceptors (Lipinski definition) is 4. The van der Waals surface area contributed by atoms with Gasteiger partial charge in [-0.15, -0.1) is 0 Å². The Labute approximate surface area is 161 Å². The molecule has 2 N–H and O–H groups in total. The molecule has 12 heteroatoms. The first kappa shape index (κ1) is 22.6. The normalized spacial score (nSPS) is 17.0. The topological polar surface area (TPSA) is 78.9 Å². The number of carbonyl (C=O) groups excluding carboxylic acids is 1. The quantitative estimate of drug-likeness (QED) is 0.555. The smallest absolute Gasteiger partial charge is 0.418 e. The van der Waals surface area contributed by atoms with Crippen LogP contribution >= 0.6 is 0 Å². The van der Waals surface area contributed by atoms with Crippen molar-refractivity contribution >= 4 is 17.7 Å². The maximum atomic E-state index is 13.6. The third-order valence-corrected chi connectivity index (χ3v) is 4.69. The highest BCUT2D eigenvalue weighted by atomic mass is 19.4. The van der Waals surface area contributed by atoms with Gasteiger partial charge in [0, 0.05) is 18.8 Å². The van der Waals surface area contributed by atoms with Crippen molar-refractivity contribution in [2.45, 2.75) is 31.2 Å². The zero-order chi connectivity index (χ0) is 22.0. The third-order valence-electron chi connectivity index (χ3n) is 4.69. The predicted octanol–water partition coefficient (Wildman–Crippen LogP) is 4.22. The average Bonchev–Trinajstić information content (AvgIpc) is 2.63. The standard InChI is InChI=1S/C17H18F6N2O4/c1-29-14(26)10-2-3-11(16(18,19)20)12(8-10)24-13(17(21,22)23)9-4-6-25(7-5-9)15(27)28/h2-3,8-9,13,24H,4-7H2,1H3,(H,27,28)/t13-/m1/s1. The molecule has 0 radical (unpaired) electrons. The number of piperidine rings is 1. The van der Waals surface area contributed by atoms with Crippen molar-refractivity contribution in [3.63, 3.8) is 0 Å². The number of nitrogens with zero attached hydrogens (tertiary/aromatic N) is 1. The van der Waals surface area contributed by atoms with Crippen LogP contribution in [0.3, 0.4) is 0 Å². The van der Waals surface area contributed by atoms with Crippen LogP contribution in [0.15, 0.2) is 18.2 Å². The zero-order valence-electron chi connectivity index (χ0n) is 15.1. The number of amides is 1. The van der Waals surface area contributed by atoms with E-state index in [0.29, 0.717) is 12.1 Å². The fourth-order valence-electron chi connectivity index (χ4n) is 3.21. The van der Waals surface area contributed by atoms with Gasteiger partial charge in [0.05, 0.1) is 18.2 Å². The number of benzene rings is 1. The Morgan fingerprint density at radius 1 is 1.17 bits per heavy atom. The summed E-state index contributed by atoms with van der Waals surface area (Å²) in [5, 5.41) is 10.8. The van der Waals surface area contributed by atoms with E-state index in [1.165, 1.54) is 0 Å². The fraction of sp³-hybridized carbons (Fsp3) is 0.529. The van der Waals surface area contributed by atoms with E-state index in [2.05, 4.69) is 4.74 Å². The number of anilines is 1. The summed E-state index contributed by atoms with van der Waals surface area (Å²) in [6, 6.07) is -0.366. The molecular formula is C17H18F6N2O4. The highest BCUT2D eigenvalue weighted by molar-refractivity contribution is 5.90. The summed E-state index contributed by atoms with van der Waals surface area (Å²) in [6.45, 7) is -0.328. The minimum atomic E-state index is -4.96. The van der Waals surface area contributed by atoms with Gasteiger partial charge in [0.15, 0.2) is 0 Å². The van der Waals surface area contributed by atoms with Crippen LogP contribution in [0.4, 0.5) is 36.8 Å². The van der Waals surface area contributed by atoms with Gasteiger partial charge in [-0.2, -0.15) is 26.3 Å². The number of rotatable bonds is 4. The van der Waals surface area contributed by atoms with Crippen molar-refractivity contribution in [1.82, 2.24) is 4.90 Å². The second-order valence-corrected chi connectivity index (χ2v) is 6.52. The fourth-order valence-corrected chi connectivity index (χ4v) is 3.21. The molecule has 0 saturated carbocycles. The molecular weight excluding hydrogens is 410 g/mol. The van der Waals surface area contributed by atoms with Gasteiger partial charge in [0.1, 0.15) is 6.04 Å². The highest BCUT2D eigenvalue weighted by Crippen LogP contribution is 2.39. The van der Waals surface area contributed by atoms with Crippen molar-refractivity contribution in [2.75, 3.05) is 25.5 Å². The molecule has 1 aromatic carbocycles. The van der Waals surface area contributed by atoms with E-state index in [9.17, 15) is 35.9 Å². The Morgan fingerprint density at radius 2 is 1.76 bits per heavy atom. The minimum Gasteiger partial charge on any atom is -0.465 e. The maximum absolute atomic E-state index is 13.6. The number of nitrogens with one attached hydrogen (secondary N) is 1. The van der Waals surface area contributed by atoms with E-state index in [4.69, 9.17) is 5.11 Å². The van der Waals surface area contributed by atoms with Gasteiger partial charge in [-0.3, -0.25) is 0 Å². The second-order valence-electron chi connectivity index (χ2n) is 6.52. The predicted molar refractivity (Wildman–Crippen MR) is 88.6 cm³/mol. The van der Waals surface area contributed by atoms with Crippen molar-refractivity contribution < 1.29 is 45.8 Å². The molecule has 0 spiro atoms. The number of ether oxygens (including phenoxy) is 1. The van der Waals surface area contributed by atoms with Gasteiger partial charge in [0.2, 0.25) is 0 Å². The summed E-state index contributed by atoms with van der Waals surface area (Å²) in [5.74, 6) is -2.14. The summed E-state index contributed by atoms with van der Waals surface area (Å²) in [7, 11) is 0.988. The van der Waals surface area contributed by atoms with Crippen LogP contribution in [0, 0.1) is 5.92 Å². The van der Waals surface area contributed by atoms with E-state index in [1.807, 2.05) is 5.32 Å². The lowest BCUT2D eigenvalue weighted by atomic mass is 9.88. The number of halogens is 6. The number of methoxy groups -OCH3 is 1. The lowest BCUT2D eigenvalue weighted by Crippen LogP contribution is -2.48. The Kier molecular flexibility index (Phi) is 6.53. The number of carboxylic acid groups (broad SMARTS) is 1. The van der Waals surface area contributed by atoms with Crippen molar-refractivity contribution in [1.29, 1.82) is 0 Å². The molecule has 1 aliphatic rings. The molecule has 0 unspecified atom stereocenters. The summed E-state index contributed by atoms with van der Waals surface area (Å²) < 4.78 is 85.2. The molecule has 1 aromatic rings. The van der Waals surface area contributed by atoms with E-state index in [0.717, 1.165) is 18.1 Å². The van der Waals surface area contributed by atoms with Crippen LogP contribution in [-0.4, -0.2) is 54.5 Å². The zero-order valence-corrected chi connectivity index (χ0v) is 15.1. The van der Waals surface area contributed by atoms with Crippen molar-refractivity contribution in [2.24, 2.45) is 5.92 Å². The number of alkyl halides is 6. The van der Waals surface area contributed by atoms with Gasteiger partial charge in [-0.05, 0) is 37.0 Å². The first-order valence-electron chi connectivity index (χ1n) is 8.45. The second kappa shape index (κ2) is 8.37. The molecule has 1 fully saturated rings. The summed E-state index contributed by atoms with van der Waals surface area (Å²) >= 11 is 0. The molecule has 1 atom stereocenters. The number of likely N-dealkylation sites (tertiary alicyclic amines) is 1. The van der Waals surface area contributed by atoms with Gasteiger partial charge < -0.3 is 20.1 Å². The molecule has 0 aromatic heterocycles. The van der Waals surface area contributed by atoms with Crippen LogP contribution in [0.25, 0.3) is 0 Å². The maximum Gasteiger partial charge on any atom is 0.418 e. The van der Waals surface area contributed by atoms with Crippen LogP contribution in [0.5, 0.6) is 0 Å². The van der Waals surface area contributed by atoms with E-state index in [1.54, 1.807) is 0 Å². The molecule has 29 heavy (non-hydrogen) atoms. The lowest BCUT2D eigenvalue weighted by Gasteiger charge is -2.36. The summed E-state index contributed by atoms with van der Waals surface area (Å²) in [6.07, 6.45) is -11.5. The van der Waals surface area contributed by atoms with E-state index in [-0.39, 0.29) is 31.5 Å². The molecule has 1 aliphatic heterocycles. The molecule has 0 aliphatic carbocycles. The van der Waals surface area contributed by atoms with Crippen LogP contribution in [0.2, 0.25) is 0 Å². The van der Waals surface area contributed by atoms with Crippen LogP contribution < -0.4 is 5.32 Å². The van der Waals surface area contributed by atoms with Gasteiger partial charge in [-0.25, -0.2) is 9.59 Å². The lowest BCUT2D eigenvalue weighted by molar-refractivity contribution is -0.157. The SMILES string of the molecule is COC(=O)c1ccc(C(F)(F)F)c(N[C@H](C2CCN(C(=O)O)CC2)C(F)(F)F)c1. The van der Waals surface area contributed by atoms with E-state index >= 15 is 0 Å². The molecule has 162 valence electrons. The number of hydrogen-bond donors (Lipinski definition) is 2. The monoisotopic (exact) mass is 428 g/mol. The van der Waals surface area contributed by atoms with Gasteiger partial charge in [0.25, 0.3) is 0 Å². The summed E-state index contributed by atoms with van der Waals surface area (Å²) in [4.78, 5) is 23.5. The van der Waals surface area contributed by atoms with Gasteiger partial charge >= 0.3 is 24.4 Å². The van der Waals surface area contributed by atoms with Gasteiger partial charge in [-0.1, -0.05) is 0 Å². The van der Waals surface area contributed by atoms with E-state index < -0.39 is 47.6 Å². The Hall–Kier alpha value is -2.66. The first-order valence-corrected chi connectivity index (χ1v) is 8.45. The molecule has 1 heterocycles. The largest absolute Gasteiger partial charge is 0.465 e. The van der Waals surface area contributed by atoms with Crippen molar-refractivity contribution in [3.05, 3.63) is 29.3 Å². The number of esters is 1. The van der Waals surface area contributed by atoms with Crippen LogP contribution in [0.1, 0.15) is 28.8 Å². The molecule has 1 amide bonds. The summed E-state index contributed by atoms with van der Waals surface area (Å²) in [5.41, 5.74) is -2.60. The Bertz CT molecular complexity index is 757. The highest BCUT2D eigenvalue weighted by Gasteiger charge is 2.47. The third kappa shape index (κ3) is 5.45. The molecule has 1 saturated heterocycles. The Balaban J connectivity index is 2.37. The van der Waals surface area contributed by atoms with Crippen molar-refractivity contribution in [3.8, 4) is 0 Å².